The minimum atomic E-state index is -3.58. The van der Waals surface area contributed by atoms with Crippen molar-refractivity contribution >= 4 is 5.69 Å². The highest BCUT2D eigenvalue weighted by Gasteiger charge is 2.44. The molecule has 0 radical (unpaired) electrons. The molecule has 3 nitrogen and oxygen atoms in total. The van der Waals surface area contributed by atoms with Crippen LogP contribution in [0, 0.1) is 6.92 Å². The average molecular weight is 271 g/mol. The van der Waals surface area contributed by atoms with Crippen LogP contribution in [0.5, 0.6) is 11.5 Å². The minimum Gasteiger partial charge on any atom is -0.398 e. The standard InChI is InChI=1S/C14H19F2NO2/c1-3-4-5-6-7-10-8-11-13(9(2)12(10)17)19-14(15,16)18-11/h8H,3-7,17H2,1-2H3. The van der Waals surface area contributed by atoms with Gasteiger partial charge in [-0.05, 0) is 31.4 Å². The summed E-state index contributed by atoms with van der Waals surface area (Å²) in [5.41, 5.74) is 7.89. The zero-order valence-corrected chi connectivity index (χ0v) is 11.3. The summed E-state index contributed by atoms with van der Waals surface area (Å²) in [6.07, 6.45) is 1.62. The van der Waals surface area contributed by atoms with Gasteiger partial charge in [-0.15, -0.1) is 8.78 Å². The number of alkyl halides is 2. The number of benzene rings is 1. The third-order valence-corrected chi connectivity index (χ3v) is 3.37. The van der Waals surface area contributed by atoms with E-state index in [1.54, 1.807) is 13.0 Å². The SMILES string of the molecule is CCCCCCc1cc2c(c(C)c1N)OC(F)(F)O2. The quantitative estimate of drug-likeness (QED) is 0.649. The molecular weight excluding hydrogens is 252 g/mol. The molecule has 0 saturated carbocycles. The van der Waals surface area contributed by atoms with Gasteiger partial charge in [-0.25, -0.2) is 0 Å². The molecule has 2 rings (SSSR count). The third kappa shape index (κ3) is 2.91. The summed E-state index contributed by atoms with van der Waals surface area (Å²) in [7, 11) is 0. The molecule has 0 atom stereocenters. The molecule has 1 aliphatic rings. The number of aryl methyl sites for hydroxylation is 1. The lowest BCUT2D eigenvalue weighted by molar-refractivity contribution is -0.286. The first-order chi connectivity index (χ1) is 8.94. The van der Waals surface area contributed by atoms with E-state index >= 15 is 0 Å². The molecule has 2 N–H and O–H groups in total. The Hall–Kier alpha value is -1.52. The first-order valence-corrected chi connectivity index (χ1v) is 6.62. The van der Waals surface area contributed by atoms with E-state index in [0.29, 0.717) is 11.3 Å². The maximum Gasteiger partial charge on any atom is 0.586 e. The van der Waals surface area contributed by atoms with Gasteiger partial charge < -0.3 is 15.2 Å². The largest absolute Gasteiger partial charge is 0.586 e. The summed E-state index contributed by atoms with van der Waals surface area (Å²) in [6, 6.07) is 1.57. The number of nitrogens with two attached hydrogens (primary N) is 1. The van der Waals surface area contributed by atoms with Crippen LogP contribution in [0.15, 0.2) is 6.07 Å². The van der Waals surface area contributed by atoms with Crippen molar-refractivity contribution in [1.82, 2.24) is 0 Å². The highest BCUT2D eigenvalue weighted by Crippen LogP contribution is 2.46. The smallest absolute Gasteiger partial charge is 0.398 e. The van der Waals surface area contributed by atoms with Gasteiger partial charge in [0.2, 0.25) is 0 Å². The van der Waals surface area contributed by atoms with Gasteiger partial charge in [0.15, 0.2) is 11.5 Å². The fourth-order valence-electron chi connectivity index (χ4n) is 2.27. The van der Waals surface area contributed by atoms with E-state index in [-0.39, 0.29) is 11.5 Å². The second kappa shape index (κ2) is 5.23. The zero-order valence-electron chi connectivity index (χ0n) is 11.3. The number of hydrogen-bond acceptors (Lipinski definition) is 3. The van der Waals surface area contributed by atoms with Crippen LogP contribution in [0.25, 0.3) is 0 Å². The molecule has 0 aliphatic carbocycles. The molecule has 0 unspecified atom stereocenters. The van der Waals surface area contributed by atoms with Gasteiger partial charge in [-0.2, -0.15) is 0 Å². The number of nitrogen functional groups attached to an aromatic ring is 1. The second-order valence-corrected chi connectivity index (χ2v) is 4.88. The lowest BCUT2D eigenvalue weighted by Crippen LogP contribution is -2.26. The van der Waals surface area contributed by atoms with Crippen molar-refractivity contribution in [2.24, 2.45) is 0 Å². The third-order valence-electron chi connectivity index (χ3n) is 3.37. The fraction of sp³-hybridized carbons (Fsp3) is 0.571. The van der Waals surface area contributed by atoms with E-state index < -0.39 is 6.29 Å². The Kier molecular flexibility index (Phi) is 3.83. The molecule has 1 heterocycles. The molecule has 0 aromatic heterocycles. The lowest BCUT2D eigenvalue weighted by atomic mass is 10.0. The van der Waals surface area contributed by atoms with Crippen LogP contribution in [0.1, 0.15) is 43.7 Å². The van der Waals surface area contributed by atoms with Crippen molar-refractivity contribution in [2.75, 3.05) is 5.73 Å². The van der Waals surface area contributed by atoms with E-state index in [1.807, 2.05) is 0 Å². The number of unbranched alkanes of at least 4 members (excludes halogenated alkanes) is 3. The van der Waals surface area contributed by atoms with E-state index in [2.05, 4.69) is 16.4 Å². The Morgan fingerprint density at radius 2 is 1.95 bits per heavy atom. The topological polar surface area (TPSA) is 44.5 Å². The highest BCUT2D eigenvalue weighted by atomic mass is 19.3. The Morgan fingerprint density at radius 3 is 2.63 bits per heavy atom. The maximum atomic E-state index is 13.0. The van der Waals surface area contributed by atoms with Crippen LogP contribution >= 0.6 is 0 Å². The zero-order chi connectivity index (χ0) is 14.0. The second-order valence-electron chi connectivity index (χ2n) is 4.88. The van der Waals surface area contributed by atoms with Crippen LogP contribution in [0.2, 0.25) is 0 Å². The van der Waals surface area contributed by atoms with Gasteiger partial charge in [0, 0.05) is 11.3 Å². The fourth-order valence-corrected chi connectivity index (χ4v) is 2.27. The van der Waals surface area contributed by atoms with Gasteiger partial charge in [-0.3, -0.25) is 0 Å². The lowest BCUT2D eigenvalue weighted by Gasteiger charge is -2.10. The molecule has 5 heteroatoms. The molecule has 1 aromatic carbocycles. The van der Waals surface area contributed by atoms with Crippen molar-refractivity contribution in [3.63, 3.8) is 0 Å². The summed E-state index contributed by atoms with van der Waals surface area (Å²) >= 11 is 0. The highest BCUT2D eigenvalue weighted by molar-refractivity contribution is 5.65. The maximum absolute atomic E-state index is 13.0. The molecule has 0 saturated heterocycles. The summed E-state index contributed by atoms with van der Waals surface area (Å²) in [5, 5.41) is 0. The van der Waals surface area contributed by atoms with Gasteiger partial charge in [0.1, 0.15) is 0 Å². The van der Waals surface area contributed by atoms with Crippen molar-refractivity contribution in [1.29, 1.82) is 0 Å². The Balaban J connectivity index is 2.17. The van der Waals surface area contributed by atoms with Crippen molar-refractivity contribution in [2.45, 2.75) is 52.2 Å². The van der Waals surface area contributed by atoms with Crippen LogP contribution in [-0.4, -0.2) is 6.29 Å². The minimum absolute atomic E-state index is 0.0554. The van der Waals surface area contributed by atoms with Crippen LogP contribution in [0.4, 0.5) is 14.5 Å². The van der Waals surface area contributed by atoms with Crippen LogP contribution in [0.3, 0.4) is 0 Å². The molecule has 0 amide bonds. The number of hydrogen-bond donors (Lipinski definition) is 1. The molecular formula is C14H19F2NO2. The Bertz CT molecular complexity index is 475. The number of anilines is 1. The van der Waals surface area contributed by atoms with Crippen molar-refractivity contribution in [3.05, 3.63) is 17.2 Å². The molecule has 19 heavy (non-hydrogen) atoms. The average Bonchev–Trinajstić information content (AvgIpc) is 2.66. The van der Waals surface area contributed by atoms with E-state index in [4.69, 9.17) is 5.73 Å². The molecule has 1 aliphatic heterocycles. The van der Waals surface area contributed by atoms with Gasteiger partial charge in [-0.1, -0.05) is 26.2 Å². The summed E-state index contributed by atoms with van der Waals surface area (Å²) in [4.78, 5) is 0. The number of halogens is 2. The summed E-state index contributed by atoms with van der Waals surface area (Å²) in [5.74, 6) is 0.141. The van der Waals surface area contributed by atoms with Crippen LogP contribution in [-0.2, 0) is 6.42 Å². The molecule has 0 spiro atoms. The summed E-state index contributed by atoms with van der Waals surface area (Å²) in [6.45, 7) is 3.82. The molecule has 106 valence electrons. The van der Waals surface area contributed by atoms with Gasteiger partial charge >= 0.3 is 6.29 Å². The Morgan fingerprint density at radius 1 is 1.21 bits per heavy atom. The first kappa shape index (κ1) is 13.9. The monoisotopic (exact) mass is 271 g/mol. The molecule has 0 fully saturated rings. The number of ether oxygens (including phenoxy) is 2. The van der Waals surface area contributed by atoms with Crippen LogP contribution < -0.4 is 15.2 Å². The molecule has 1 aromatic rings. The van der Waals surface area contributed by atoms with Crippen molar-refractivity contribution < 1.29 is 18.3 Å². The Labute approximate surface area is 111 Å². The molecule has 0 bridgehead atoms. The first-order valence-electron chi connectivity index (χ1n) is 6.62. The van der Waals surface area contributed by atoms with E-state index in [1.165, 1.54) is 6.42 Å². The predicted molar refractivity (Wildman–Crippen MR) is 69.6 cm³/mol. The van der Waals surface area contributed by atoms with E-state index in [0.717, 1.165) is 31.2 Å². The van der Waals surface area contributed by atoms with E-state index in [9.17, 15) is 8.78 Å². The van der Waals surface area contributed by atoms with Crippen molar-refractivity contribution in [3.8, 4) is 11.5 Å². The van der Waals surface area contributed by atoms with Gasteiger partial charge in [0.25, 0.3) is 0 Å². The van der Waals surface area contributed by atoms with Gasteiger partial charge in [0.05, 0.1) is 0 Å². The number of rotatable bonds is 5. The number of fused-ring (bicyclic) bond motifs is 1. The normalized spacial score (nSPS) is 15.8. The predicted octanol–water partition coefficient (Wildman–Crippen LogP) is 4.02. The summed E-state index contributed by atoms with van der Waals surface area (Å²) < 4.78 is 35.1.